The van der Waals surface area contributed by atoms with Gasteiger partial charge in [0.2, 0.25) is 0 Å². The Hall–Kier alpha value is -2.70. The third-order valence-electron chi connectivity index (χ3n) is 3.42. The first kappa shape index (κ1) is 12.1. The van der Waals surface area contributed by atoms with Crippen LogP contribution < -0.4 is 5.32 Å². The second kappa shape index (κ2) is 5.01. The van der Waals surface area contributed by atoms with Crippen LogP contribution in [-0.2, 0) is 6.54 Å². The molecule has 0 aliphatic heterocycles. The van der Waals surface area contributed by atoms with Gasteiger partial charge in [0.15, 0.2) is 5.89 Å². The summed E-state index contributed by atoms with van der Waals surface area (Å²) < 4.78 is 7.43. The third kappa shape index (κ3) is 2.49. The maximum atomic E-state index is 5.73. The van der Waals surface area contributed by atoms with Crippen molar-refractivity contribution in [1.82, 2.24) is 25.0 Å². The molecule has 0 radical (unpaired) electrons. The van der Waals surface area contributed by atoms with Crippen molar-refractivity contribution in [3.05, 3.63) is 48.7 Å². The van der Waals surface area contributed by atoms with Crippen LogP contribution in [0.15, 0.2) is 41.5 Å². The van der Waals surface area contributed by atoms with Crippen molar-refractivity contribution < 1.29 is 4.42 Å². The molecule has 0 atom stereocenters. The minimum atomic E-state index is 0.530. The number of nitrogens with one attached hydrogen (secondary N) is 1. The molecule has 3 aromatic rings. The lowest BCUT2D eigenvalue weighted by atomic mass is 10.3. The van der Waals surface area contributed by atoms with Gasteiger partial charge in [-0.25, -0.2) is 9.67 Å². The minimum absolute atomic E-state index is 0.530. The Morgan fingerprint density at radius 3 is 3.05 bits per heavy atom. The van der Waals surface area contributed by atoms with Crippen molar-refractivity contribution in [3.8, 4) is 5.69 Å². The quantitative estimate of drug-likeness (QED) is 0.772. The summed E-state index contributed by atoms with van der Waals surface area (Å²) >= 11 is 0. The van der Waals surface area contributed by atoms with Gasteiger partial charge in [-0.15, -0.1) is 5.10 Å². The van der Waals surface area contributed by atoms with E-state index >= 15 is 0 Å². The van der Waals surface area contributed by atoms with Crippen LogP contribution in [0.3, 0.4) is 0 Å². The van der Waals surface area contributed by atoms with Crippen molar-refractivity contribution in [3.63, 3.8) is 0 Å². The van der Waals surface area contributed by atoms with Gasteiger partial charge in [-0.05, 0) is 18.9 Å². The van der Waals surface area contributed by atoms with Gasteiger partial charge in [0, 0.05) is 12.1 Å². The number of hydrogen-bond acceptors (Lipinski definition) is 6. The van der Waals surface area contributed by atoms with Gasteiger partial charge in [0.25, 0.3) is 0 Å². The highest BCUT2D eigenvalue weighted by atomic mass is 16.4. The Bertz CT molecular complexity index is 732. The first-order chi connectivity index (χ1) is 10.4. The second-order valence-electron chi connectivity index (χ2n) is 5.03. The van der Waals surface area contributed by atoms with E-state index in [4.69, 9.17) is 4.42 Å². The molecule has 106 valence electrons. The van der Waals surface area contributed by atoms with E-state index in [0.717, 1.165) is 23.0 Å². The van der Waals surface area contributed by atoms with Gasteiger partial charge in [-0.1, -0.05) is 5.21 Å². The summed E-state index contributed by atoms with van der Waals surface area (Å²) in [6.07, 6.45) is 11.1. The van der Waals surface area contributed by atoms with Crippen LogP contribution in [0.25, 0.3) is 5.69 Å². The molecule has 4 rings (SSSR count). The van der Waals surface area contributed by atoms with Crippen LogP contribution in [0.4, 0.5) is 5.69 Å². The van der Waals surface area contributed by atoms with Crippen LogP contribution in [0.2, 0.25) is 0 Å². The summed E-state index contributed by atoms with van der Waals surface area (Å²) in [4.78, 5) is 8.45. The van der Waals surface area contributed by atoms with Gasteiger partial charge < -0.3 is 9.73 Å². The van der Waals surface area contributed by atoms with E-state index in [-0.39, 0.29) is 0 Å². The Morgan fingerprint density at radius 2 is 2.24 bits per heavy atom. The first-order valence-electron chi connectivity index (χ1n) is 6.89. The number of nitrogens with zero attached hydrogens (tertiary/aromatic N) is 5. The number of aromatic nitrogens is 5. The Morgan fingerprint density at radius 1 is 1.29 bits per heavy atom. The molecular weight excluding hydrogens is 268 g/mol. The normalized spacial score (nSPS) is 14.3. The highest BCUT2D eigenvalue weighted by molar-refractivity contribution is 5.58. The molecule has 0 bridgehead atoms. The molecule has 1 aliphatic rings. The highest BCUT2D eigenvalue weighted by Gasteiger charge is 2.28. The third-order valence-corrected chi connectivity index (χ3v) is 3.42. The van der Waals surface area contributed by atoms with Crippen LogP contribution in [0.5, 0.6) is 0 Å². The van der Waals surface area contributed by atoms with Crippen molar-refractivity contribution in [2.45, 2.75) is 25.3 Å². The van der Waals surface area contributed by atoms with Crippen LogP contribution in [-0.4, -0.2) is 25.0 Å². The molecule has 0 spiro atoms. The standard InChI is InChI=1S/C14H14N6O/c1-2-10(1)14-17-8-11(21-14)7-16-12-9-15-4-3-13(12)20-6-5-18-19-20/h3-6,8-10,16H,1-2,7H2. The lowest BCUT2D eigenvalue weighted by Gasteiger charge is -2.09. The van der Waals surface area contributed by atoms with Crippen LogP contribution in [0.1, 0.15) is 30.4 Å². The SMILES string of the molecule is c1cc(-n2ccnn2)c(NCc2cnc(C3CC3)o2)cn1. The zero-order valence-corrected chi connectivity index (χ0v) is 11.3. The van der Waals surface area contributed by atoms with Gasteiger partial charge in [0.05, 0.1) is 42.7 Å². The largest absolute Gasteiger partial charge is 0.444 e. The monoisotopic (exact) mass is 282 g/mol. The maximum absolute atomic E-state index is 5.73. The fourth-order valence-electron chi connectivity index (χ4n) is 2.17. The van der Waals surface area contributed by atoms with E-state index in [0.29, 0.717) is 12.5 Å². The molecule has 1 N–H and O–H groups in total. The molecule has 0 saturated heterocycles. The molecule has 3 aromatic heterocycles. The smallest absolute Gasteiger partial charge is 0.197 e. The number of anilines is 1. The lowest BCUT2D eigenvalue weighted by molar-refractivity contribution is 0.462. The summed E-state index contributed by atoms with van der Waals surface area (Å²) in [6, 6.07) is 1.88. The van der Waals surface area contributed by atoms with Crippen molar-refractivity contribution in [1.29, 1.82) is 0 Å². The number of rotatable bonds is 5. The molecule has 21 heavy (non-hydrogen) atoms. The van der Waals surface area contributed by atoms with Gasteiger partial charge in [-0.2, -0.15) is 0 Å². The molecule has 0 aromatic carbocycles. The van der Waals surface area contributed by atoms with Crippen molar-refractivity contribution in [2.75, 3.05) is 5.32 Å². The van der Waals surface area contributed by atoms with Gasteiger partial charge in [0.1, 0.15) is 5.76 Å². The molecule has 1 fully saturated rings. The molecule has 7 nitrogen and oxygen atoms in total. The van der Waals surface area contributed by atoms with Crippen LogP contribution in [0, 0.1) is 0 Å². The van der Waals surface area contributed by atoms with E-state index < -0.39 is 0 Å². The molecule has 0 unspecified atom stereocenters. The molecule has 7 heteroatoms. The van der Waals surface area contributed by atoms with Crippen molar-refractivity contribution >= 4 is 5.69 Å². The molecule has 0 amide bonds. The molecule has 3 heterocycles. The number of hydrogen-bond donors (Lipinski definition) is 1. The fourth-order valence-corrected chi connectivity index (χ4v) is 2.17. The van der Waals surface area contributed by atoms with E-state index in [1.807, 2.05) is 6.07 Å². The molecular formula is C14H14N6O. The summed E-state index contributed by atoms with van der Waals surface area (Å²) in [5.41, 5.74) is 1.76. The Labute approximate surface area is 121 Å². The zero-order chi connectivity index (χ0) is 14.1. The van der Waals surface area contributed by atoms with Gasteiger partial charge >= 0.3 is 0 Å². The zero-order valence-electron chi connectivity index (χ0n) is 11.3. The van der Waals surface area contributed by atoms with E-state index in [1.165, 1.54) is 12.8 Å². The Balaban J connectivity index is 1.51. The molecule has 1 aliphatic carbocycles. The number of oxazole rings is 1. The van der Waals surface area contributed by atoms with E-state index in [9.17, 15) is 0 Å². The average Bonchev–Trinajstić information content (AvgIpc) is 3.04. The van der Waals surface area contributed by atoms with Gasteiger partial charge in [-0.3, -0.25) is 4.98 Å². The second-order valence-corrected chi connectivity index (χ2v) is 5.03. The summed E-state index contributed by atoms with van der Waals surface area (Å²) in [7, 11) is 0. The van der Waals surface area contributed by atoms with E-state index in [2.05, 4.69) is 25.6 Å². The predicted octanol–water partition coefficient (Wildman–Crippen LogP) is 2.14. The number of pyridine rings is 1. The fraction of sp³-hybridized carbons (Fsp3) is 0.286. The summed E-state index contributed by atoms with van der Waals surface area (Å²) in [6.45, 7) is 0.563. The maximum Gasteiger partial charge on any atom is 0.197 e. The Kier molecular flexibility index (Phi) is 2.88. The average molecular weight is 282 g/mol. The predicted molar refractivity (Wildman–Crippen MR) is 75.0 cm³/mol. The molecule has 1 saturated carbocycles. The minimum Gasteiger partial charge on any atom is -0.444 e. The highest BCUT2D eigenvalue weighted by Crippen LogP contribution is 2.39. The van der Waals surface area contributed by atoms with Crippen molar-refractivity contribution in [2.24, 2.45) is 0 Å². The topological polar surface area (TPSA) is 81.7 Å². The lowest BCUT2D eigenvalue weighted by Crippen LogP contribution is -2.05. The first-order valence-corrected chi connectivity index (χ1v) is 6.89. The van der Waals surface area contributed by atoms with E-state index in [1.54, 1.807) is 35.7 Å². The summed E-state index contributed by atoms with van der Waals surface area (Å²) in [5, 5.41) is 11.1. The van der Waals surface area contributed by atoms with Crippen LogP contribution >= 0.6 is 0 Å². The summed E-state index contributed by atoms with van der Waals surface area (Å²) in [5.74, 6) is 2.21.